The van der Waals surface area contributed by atoms with Crippen LogP contribution in [0.15, 0.2) is 0 Å². The first-order chi connectivity index (χ1) is 7.45. The van der Waals surface area contributed by atoms with Crippen molar-refractivity contribution in [3.63, 3.8) is 0 Å². The van der Waals surface area contributed by atoms with Gasteiger partial charge in [-0.2, -0.15) is 0 Å². The van der Waals surface area contributed by atoms with Crippen LogP contribution in [0.2, 0.25) is 0 Å². The molecule has 0 aromatic rings. The fraction of sp³-hybridized carbons (Fsp3) is 1.00. The molecule has 2 aliphatic rings. The van der Waals surface area contributed by atoms with Crippen molar-refractivity contribution in [2.45, 2.75) is 38.1 Å². The quantitative estimate of drug-likeness (QED) is 0.733. The molecular weight excluding hydrogens is 188 g/mol. The van der Waals surface area contributed by atoms with Crippen LogP contribution in [0.25, 0.3) is 0 Å². The van der Waals surface area contributed by atoms with Crippen molar-refractivity contribution in [3.8, 4) is 0 Å². The molecule has 2 aliphatic heterocycles. The highest BCUT2D eigenvalue weighted by Gasteiger charge is 2.15. The number of rotatable bonds is 4. The van der Waals surface area contributed by atoms with Crippen LogP contribution in [0, 0.1) is 5.92 Å². The molecule has 0 aromatic heterocycles. The van der Waals surface area contributed by atoms with Gasteiger partial charge in [0.25, 0.3) is 0 Å². The van der Waals surface area contributed by atoms with E-state index >= 15 is 0 Å². The molecule has 2 heterocycles. The zero-order chi connectivity index (χ0) is 10.3. The van der Waals surface area contributed by atoms with E-state index in [1.807, 2.05) is 0 Å². The van der Waals surface area contributed by atoms with Gasteiger partial charge in [-0.1, -0.05) is 0 Å². The van der Waals surface area contributed by atoms with Crippen molar-refractivity contribution >= 4 is 0 Å². The number of ether oxygens (including phenoxy) is 1. The molecule has 15 heavy (non-hydrogen) atoms. The Bertz CT molecular complexity index is 145. The Morgan fingerprint density at radius 2 is 1.80 bits per heavy atom. The summed E-state index contributed by atoms with van der Waals surface area (Å²) in [5.74, 6) is 0.910. The molecule has 3 nitrogen and oxygen atoms in total. The van der Waals surface area contributed by atoms with E-state index in [-0.39, 0.29) is 0 Å². The second-order valence-corrected chi connectivity index (χ2v) is 4.82. The predicted octanol–water partition coefficient (Wildman–Crippen LogP) is 1.14. The average molecular weight is 212 g/mol. The molecule has 0 amide bonds. The van der Waals surface area contributed by atoms with Crippen molar-refractivity contribution in [3.05, 3.63) is 0 Å². The summed E-state index contributed by atoms with van der Waals surface area (Å²) in [6.07, 6.45) is 6.48. The van der Waals surface area contributed by atoms with E-state index in [1.165, 1.54) is 51.7 Å². The number of piperidine rings is 1. The van der Waals surface area contributed by atoms with Crippen molar-refractivity contribution in [1.82, 2.24) is 10.6 Å². The monoisotopic (exact) mass is 212 g/mol. The van der Waals surface area contributed by atoms with Crippen LogP contribution < -0.4 is 10.6 Å². The van der Waals surface area contributed by atoms with Gasteiger partial charge in [0.1, 0.15) is 0 Å². The minimum absolute atomic E-state index is 0.770. The van der Waals surface area contributed by atoms with Crippen LogP contribution in [0.4, 0.5) is 0 Å². The van der Waals surface area contributed by atoms with Gasteiger partial charge >= 0.3 is 0 Å². The molecule has 0 spiro atoms. The second kappa shape index (κ2) is 6.46. The molecule has 0 saturated carbocycles. The van der Waals surface area contributed by atoms with E-state index < -0.39 is 0 Å². The van der Waals surface area contributed by atoms with E-state index in [9.17, 15) is 0 Å². The first-order valence-electron chi connectivity index (χ1n) is 6.47. The third-order valence-electron chi connectivity index (χ3n) is 3.67. The smallest absolute Gasteiger partial charge is 0.0468 e. The van der Waals surface area contributed by atoms with Gasteiger partial charge in [-0.05, 0) is 57.7 Å². The van der Waals surface area contributed by atoms with Crippen molar-refractivity contribution < 1.29 is 4.74 Å². The van der Waals surface area contributed by atoms with Gasteiger partial charge in [-0.15, -0.1) is 0 Å². The Morgan fingerprint density at radius 1 is 1.07 bits per heavy atom. The molecule has 2 fully saturated rings. The van der Waals surface area contributed by atoms with E-state index in [4.69, 9.17) is 4.74 Å². The molecule has 0 aromatic carbocycles. The Hall–Kier alpha value is -0.120. The number of nitrogens with one attached hydrogen (secondary N) is 2. The molecule has 2 rings (SSSR count). The third-order valence-corrected chi connectivity index (χ3v) is 3.67. The van der Waals surface area contributed by atoms with Crippen LogP contribution in [-0.2, 0) is 4.74 Å². The zero-order valence-corrected chi connectivity index (χ0v) is 9.63. The lowest BCUT2D eigenvalue weighted by atomic mass is 9.96. The largest absolute Gasteiger partial charge is 0.381 e. The number of hydrogen-bond donors (Lipinski definition) is 2. The maximum Gasteiger partial charge on any atom is 0.0468 e. The van der Waals surface area contributed by atoms with E-state index in [0.29, 0.717) is 0 Å². The predicted molar refractivity (Wildman–Crippen MR) is 62.1 cm³/mol. The highest BCUT2D eigenvalue weighted by Crippen LogP contribution is 2.17. The topological polar surface area (TPSA) is 33.3 Å². The Kier molecular flexibility index (Phi) is 4.90. The van der Waals surface area contributed by atoms with Crippen LogP contribution in [0.5, 0.6) is 0 Å². The van der Waals surface area contributed by atoms with E-state index in [1.54, 1.807) is 0 Å². The summed E-state index contributed by atoms with van der Waals surface area (Å²) in [7, 11) is 0. The van der Waals surface area contributed by atoms with E-state index in [2.05, 4.69) is 10.6 Å². The fourth-order valence-corrected chi connectivity index (χ4v) is 2.55. The fourth-order valence-electron chi connectivity index (χ4n) is 2.55. The lowest BCUT2D eigenvalue weighted by Crippen LogP contribution is -2.40. The summed E-state index contributed by atoms with van der Waals surface area (Å²) < 4.78 is 5.37. The summed E-state index contributed by atoms with van der Waals surface area (Å²) in [6, 6.07) is 0.770. The first-order valence-corrected chi connectivity index (χ1v) is 6.47. The lowest BCUT2D eigenvalue weighted by molar-refractivity contribution is 0.0636. The molecule has 88 valence electrons. The maximum absolute atomic E-state index is 5.37. The standard InChI is InChI=1S/C12H24N2O/c1(11-4-9-15-10-5-11)8-14-12-2-6-13-7-3-12/h11-14H,1-10H2. The van der Waals surface area contributed by atoms with Gasteiger partial charge < -0.3 is 15.4 Å². The molecule has 3 heteroatoms. The van der Waals surface area contributed by atoms with Crippen LogP contribution in [-0.4, -0.2) is 38.9 Å². The molecule has 0 atom stereocenters. The minimum Gasteiger partial charge on any atom is -0.381 e. The summed E-state index contributed by atoms with van der Waals surface area (Å²) in [4.78, 5) is 0. The highest BCUT2D eigenvalue weighted by molar-refractivity contribution is 4.75. The normalized spacial score (nSPS) is 25.6. The van der Waals surface area contributed by atoms with Gasteiger partial charge in [0.2, 0.25) is 0 Å². The van der Waals surface area contributed by atoms with Crippen LogP contribution >= 0.6 is 0 Å². The lowest BCUT2D eigenvalue weighted by Gasteiger charge is -2.26. The van der Waals surface area contributed by atoms with Gasteiger partial charge in [0.15, 0.2) is 0 Å². The van der Waals surface area contributed by atoms with E-state index in [0.717, 1.165) is 25.2 Å². The summed E-state index contributed by atoms with van der Waals surface area (Å²) in [5, 5.41) is 7.09. The minimum atomic E-state index is 0.770. The van der Waals surface area contributed by atoms with Gasteiger partial charge in [0.05, 0.1) is 0 Å². The van der Waals surface area contributed by atoms with Gasteiger partial charge in [-0.3, -0.25) is 0 Å². The molecular formula is C12H24N2O. The highest BCUT2D eigenvalue weighted by atomic mass is 16.5. The second-order valence-electron chi connectivity index (χ2n) is 4.82. The Balaban J connectivity index is 1.53. The molecule has 0 radical (unpaired) electrons. The Morgan fingerprint density at radius 3 is 2.53 bits per heavy atom. The van der Waals surface area contributed by atoms with Gasteiger partial charge in [-0.25, -0.2) is 0 Å². The first kappa shape index (κ1) is 11.4. The summed E-state index contributed by atoms with van der Waals surface area (Å²) in [5.41, 5.74) is 0. The van der Waals surface area contributed by atoms with Crippen LogP contribution in [0.1, 0.15) is 32.1 Å². The maximum atomic E-state index is 5.37. The van der Waals surface area contributed by atoms with Crippen molar-refractivity contribution in [1.29, 1.82) is 0 Å². The van der Waals surface area contributed by atoms with Gasteiger partial charge in [0, 0.05) is 19.3 Å². The molecule has 0 aliphatic carbocycles. The molecule has 0 unspecified atom stereocenters. The average Bonchev–Trinajstić information content (AvgIpc) is 2.32. The van der Waals surface area contributed by atoms with Crippen molar-refractivity contribution in [2.75, 3.05) is 32.8 Å². The molecule has 2 N–H and O–H groups in total. The molecule has 2 saturated heterocycles. The number of hydrogen-bond acceptors (Lipinski definition) is 3. The van der Waals surface area contributed by atoms with Crippen molar-refractivity contribution in [2.24, 2.45) is 5.92 Å². The summed E-state index contributed by atoms with van der Waals surface area (Å²) >= 11 is 0. The summed E-state index contributed by atoms with van der Waals surface area (Å²) in [6.45, 7) is 5.55. The third kappa shape index (κ3) is 4.09. The van der Waals surface area contributed by atoms with Crippen LogP contribution in [0.3, 0.4) is 0 Å². The SMILES string of the molecule is C1CC(NCCC2CCOCC2)CCN1. The molecule has 0 bridgehead atoms. The Labute approximate surface area is 93.0 Å². The zero-order valence-electron chi connectivity index (χ0n) is 9.63.